The first-order chi connectivity index (χ1) is 22.2. The van der Waals surface area contributed by atoms with E-state index in [9.17, 15) is 10.1 Å². The van der Waals surface area contributed by atoms with Gasteiger partial charge in [0.05, 0.1) is 41.5 Å². The number of hydrogen-bond acceptors (Lipinski definition) is 7. The molecule has 1 fully saturated rings. The van der Waals surface area contributed by atoms with Gasteiger partial charge in [-0.05, 0) is 66.9 Å². The molecule has 11 heteroatoms. The summed E-state index contributed by atoms with van der Waals surface area (Å²) < 4.78 is 44.3. The summed E-state index contributed by atoms with van der Waals surface area (Å²) in [5, 5.41) is 18.5. The Labute approximate surface area is 263 Å². The predicted octanol–water partition coefficient (Wildman–Crippen LogP) is 6.22. The molecule has 0 unspecified atom stereocenters. The second kappa shape index (κ2) is 12.3. The molecule has 46 heavy (non-hydrogen) atoms. The lowest BCUT2D eigenvalue weighted by Gasteiger charge is -2.16. The smallest absolute Gasteiger partial charge is 0.248 e. The molecule has 1 amide bonds. The van der Waals surface area contributed by atoms with Crippen LogP contribution in [0.5, 0.6) is 11.6 Å². The lowest BCUT2D eigenvalue weighted by Crippen LogP contribution is -2.15. The molecular formula is C35H28F2N6O3. The summed E-state index contributed by atoms with van der Waals surface area (Å²) in [5.74, 6) is -0.729. The Bertz CT molecular complexity index is 2070. The van der Waals surface area contributed by atoms with Crippen LogP contribution in [0.15, 0.2) is 66.7 Å². The third kappa shape index (κ3) is 6.08. The molecule has 3 aromatic carbocycles. The SMILES string of the molecule is COc1cc(C#N)ccc1COc1cccc(-c2cc(F)c(Cc3nc4ccc(C(N)=O)cc4n3CC3(CC#N)CC3)cc2F)n1. The van der Waals surface area contributed by atoms with Crippen molar-refractivity contribution < 1.29 is 23.0 Å². The molecule has 0 saturated heterocycles. The second-order valence-corrected chi connectivity index (χ2v) is 11.4. The molecule has 6 rings (SSSR count). The molecule has 0 radical (unpaired) electrons. The molecule has 1 aliphatic carbocycles. The standard InChI is InChI=1S/C35H28F2N6O3/c1-45-31-13-21(18-39)5-6-23(31)19-46-33-4-2-3-28(42-33)25-17-26(36)24(14-27(25)37)16-32-41-29-8-7-22(34(40)44)15-30(29)43(32)20-35(9-10-35)11-12-38/h2-8,13-15,17H,9-11,16,19-20H2,1H3,(H2,40,44). The van der Waals surface area contributed by atoms with Gasteiger partial charge in [-0.1, -0.05) is 12.1 Å². The molecule has 230 valence electrons. The highest BCUT2D eigenvalue weighted by Gasteiger charge is 2.43. The van der Waals surface area contributed by atoms with E-state index in [0.29, 0.717) is 52.3 Å². The number of fused-ring (bicyclic) bond motifs is 1. The number of hydrogen-bond donors (Lipinski definition) is 1. The Morgan fingerprint density at radius 3 is 2.57 bits per heavy atom. The van der Waals surface area contributed by atoms with Crippen LogP contribution in [0.1, 0.15) is 52.1 Å². The molecule has 0 spiro atoms. The highest BCUT2D eigenvalue weighted by atomic mass is 19.1. The third-order valence-electron chi connectivity index (χ3n) is 8.29. The number of carbonyl (C=O) groups excluding carboxylic acids is 1. The van der Waals surface area contributed by atoms with E-state index in [4.69, 9.17) is 25.5 Å². The van der Waals surface area contributed by atoms with Gasteiger partial charge in [0.1, 0.15) is 29.8 Å². The number of aromatic nitrogens is 3. The highest BCUT2D eigenvalue weighted by molar-refractivity contribution is 5.96. The van der Waals surface area contributed by atoms with Gasteiger partial charge < -0.3 is 19.8 Å². The van der Waals surface area contributed by atoms with Crippen molar-refractivity contribution in [3.8, 4) is 35.0 Å². The first-order valence-electron chi connectivity index (χ1n) is 14.5. The predicted molar refractivity (Wildman–Crippen MR) is 165 cm³/mol. The maximum absolute atomic E-state index is 15.6. The third-order valence-corrected chi connectivity index (χ3v) is 8.29. The number of halogens is 2. The number of carbonyl (C=O) groups is 1. The van der Waals surface area contributed by atoms with Crippen LogP contribution in [0.25, 0.3) is 22.3 Å². The summed E-state index contributed by atoms with van der Waals surface area (Å²) in [6.45, 7) is 0.542. The molecule has 2 heterocycles. The summed E-state index contributed by atoms with van der Waals surface area (Å²) in [5.41, 5.74) is 8.21. The van der Waals surface area contributed by atoms with Gasteiger partial charge in [-0.25, -0.2) is 18.7 Å². The van der Waals surface area contributed by atoms with Gasteiger partial charge in [0.25, 0.3) is 0 Å². The van der Waals surface area contributed by atoms with Crippen LogP contribution >= 0.6 is 0 Å². The number of imidazole rings is 1. The largest absolute Gasteiger partial charge is 0.496 e. The summed E-state index contributed by atoms with van der Waals surface area (Å²) in [7, 11) is 1.49. The quantitative estimate of drug-likeness (QED) is 0.185. The monoisotopic (exact) mass is 618 g/mol. The van der Waals surface area contributed by atoms with E-state index < -0.39 is 17.5 Å². The van der Waals surface area contributed by atoms with Gasteiger partial charge in [-0.2, -0.15) is 10.5 Å². The zero-order valence-electron chi connectivity index (χ0n) is 24.9. The Hall–Kier alpha value is -5.81. The molecule has 5 aromatic rings. The van der Waals surface area contributed by atoms with Crippen molar-refractivity contribution in [1.82, 2.24) is 14.5 Å². The van der Waals surface area contributed by atoms with Gasteiger partial charge in [-0.15, -0.1) is 0 Å². The number of rotatable bonds is 11. The Morgan fingerprint density at radius 2 is 1.85 bits per heavy atom. The van der Waals surface area contributed by atoms with Crippen molar-refractivity contribution in [3.63, 3.8) is 0 Å². The van der Waals surface area contributed by atoms with E-state index >= 15 is 8.78 Å². The molecule has 2 aromatic heterocycles. The molecule has 0 bridgehead atoms. The number of pyridine rings is 1. The van der Waals surface area contributed by atoms with Crippen molar-refractivity contribution in [3.05, 3.63) is 106 Å². The van der Waals surface area contributed by atoms with Crippen LogP contribution in [0, 0.1) is 39.7 Å². The lowest BCUT2D eigenvalue weighted by atomic mass is 10.0. The van der Waals surface area contributed by atoms with Crippen molar-refractivity contribution >= 4 is 16.9 Å². The molecule has 0 atom stereocenters. The second-order valence-electron chi connectivity index (χ2n) is 11.4. The highest BCUT2D eigenvalue weighted by Crippen LogP contribution is 2.50. The fourth-order valence-electron chi connectivity index (χ4n) is 5.53. The maximum atomic E-state index is 15.6. The average molecular weight is 619 g/mol. The number of amides is 1. The van der Waals surface area contributed by atoms with E-state index in [1.165, 1.54) is 7.11 Å². The van der Waals surface area contributed by atoms with Crippen LogP contribution in [-0.4, -0.2) is 27.6 Å². The van der Waals surface area contributed by atoms with Crippen LogP contribution in [-0.2, 0) is 19.6 Å². The summed E-state index contributed by atoms with van der Waals surface area (Å²) in [6.07, 6.45) is 2.07. The Balaban J connectivity index is 1.28. The molecule has 1 saturated carbocycles. The number of nitrogens with zero attached hydrogens (tertiary/aromatic N) is 5. The normalized spacial score (nSPS) is 13.2. The number of methoxy groups -OCH3 is 1. The van der Waals surface area contributed by atoms with E-state index in [1.807, 2.05) is 4.57 Å². The topological polar surface area (TPSA) is 140 Å². The van der Waals surface area contributed by atoms with E-state index in [0.717, 1.165) is 25.0 Å². The Morgan fingerprint density at radius 1 is 1.02 bits per heavy atom. The van der Waals surface area contributed by atoms with Gasteiger partial charge in [0.2, 0.25) is 11.8 Å². The maximum Gasteiger partial charge on any atom is 0.248 e. The minimum atomic E-state index is -0.670. The summed E-state index contributed by atoms with van der Waals surface area (Å²) >= 11 is 0. The molecule has 0 aliphatic heterocycles. The minimum absolute atomic E-state index is 0.0186. The van der Waals surface area contributed by atoms with Crippen molar-refractivity contribution in [1.29, 1.82) is 10.5 Å². The van der Waals surface area contributed by atoms with Crippen molar-refractivity contribution in [2.24, 2.45) is 11.1 Å². The zero-order valence-corrected chi connectivity index (χ0v) is 24.9. The fourth-order valence-corrected chi connectivity index (χ4v) is 5.53. The number of nitriles is 2. The van der Waals surface area contributed by atoms with E-state index in [2.05, 4.69) is 17.1 Å². The zero-order chi connectivity index (χ0) is 32.4. The number of benzene rings is 3. The summed E-state index contributed by atoms with van der Waals surface area (Å²) in [6, 6.07) is 21.2. The van der Waals surface area contributed by atoms with Gasteiger partial charge in [-0.3, -0.25) is 4.79 Å². The van der Waals surface area contributed by atoms with Gasteiger partial charge in [0, 0.05) is 47.6 Å². The number of nitrogens with two attached hydrogens (primary N) is 1. The minimum Gasteiger partial charge on any atom is -0.496 e. The van der Waals surface area contributed by atoms with Crippen LogP contribution in [0.4, 0.5) is 8.78 Å². The first kappa shape index (κ1) is 30.2. The van der Waals surface area contributed by atoms with Crippen molar-refractivity contribution in [2.45, 2.75) is 38.8 Å². The lowest BCUT2D eigenvalue weighted by molar-refractivity contribution is 0.100. The van der Waals surface area contributed by atoms with Crippen LogP contribution < -0.4 is 15.2 Å². The van der Waals surface area contributed by atoms with Crippen molar-refractivity contribution in [2.75, 3.05) is 7.11 Å². The molecule has 2 N–H and O–H groups in total. The Kier molecular flexibility index (Phi) is 8.08. The van der Waals surface area contributed by atoms with Crippen LogP contribution in [0.3, 0.4) is 0 Å². The van der Waals surface area contributed by atoms with Gasteiger partial charge in [0.15, 0.2) is 0 Å². The molecular weight excluding hydrogens is 590 g/mol. The van der Waals surface area contributed by atoms with E-state index in [1.54, 1.807) is 54.6 Å². The summed E-state index contributed by atoms with van der Waals surface area (Å²) in [4.78, 5) is 21.0. The number of primary amides is 1. The van der Waals surface area contributed by atoms with Crippen LogP contribution in [0.2, 0.25) is 0 Å². The molecule has 1 aliphatic rings. The van der Waals surface area contributed by atoms with Gasteiger partial charge >= 0.3 is 0 Å². The fraction of sp³-hybridized carbons (Fsp3) is 0.229. The molecule has 9 nitrogen and oxygen atoms in total. The average Bonchev–Trinajstić information content (AvgIpc) is 3.74. The first-order valence-corrected chi connectivity index (χ1v) is 14.5. The number of ether oxygens (including phenoxy) is 2. The van der Waals surface area contributed by atoms with E-state index in [-0.39, 0.29) is 41.1 Å².